The van der Waals surface area contributed by atoms with E-state index in [1.165, 1.54) is 48.9 Å². The zero-order valence-corrected chi connectivity index (χ0v) is 22.0. The van der Waals surface area contributed by atoms with Gasteiger partial charge < -0.3 is 14.4 Å². The van der Waals surface area contributed by atoms with Crippen LogP contribution in [0.4, 0.5) is 0 Å². The molecule has 7 rings (SSSR count). The molecule has 3 aliphatic carbocycles. The Morgan fingerprint density at radius 2 is 2.00 bits per heavy atom. The highest BCUT2D eigenvalue weighted by Gasteiger charge is 2.74. The molecule has 0 spiro atoms. The summed E-state index contributed by atoms with van der Waals surface area (Å²) in [5.74, 6) is 1.99. The summed E-state index contributed by atoms with van der Waals surface area (Å²) in [4.78, 5) is 30.5. The summed E-state index contributed by atoms with van der Waals surface area (Å²) in [6.07, 6.45) is 9.30. The van der Waals surface area contributed by atoms with Crippen molar-refractivity contribution in [3.8, 4) is 5.75 Å². The fraction of sp³-hybridized carbons (Fsp3) is 0.613. The summed E-state index contributed by atoms with van der Waals surface area (Å²) >= 11 is 0. The Bertz CT molecular complexity index is 1300. The summed E-state index contributed by atoms with van der Waals surface area (Å²) in [7, 11) is 0. The number of aromatic hydroxyl groups is 1. The van der Waals surface area contributed by atoms with E-state index >= 15 is 0 Å². The van der Waals surface area contributed by atoms with Gasteiger partial charge in [-0.15, -0.1) is 0 Å². The molecule has 196 valence electrons. The number of piperidine rings is 1. The first-order chi connectivity index (χ1) is 17.9. The first kappa shape index (κ1) is 23.5. The Kier molecular flexibility index (Phi) is 5.21. The Labute approximate surface area is 218 Å². The molecule has 3 heterocycles. The van der Waals surface area contributed by atoms with Crippen LogP contribution in [-0.4, -0.2) is 52.5 Å². The lowest BCUT2D eigenvalue weighted by molar-refractivity contribution is -0.0872. The molecular formula is C31H38N2O4. The van der Waals surface area contributed by atoms with Gasteiger partial charge in [0.2, 0.25) is 0 Å². The van der Waals surface area contributed by atoms with Crippen LogP contribution in [0, 0.1) is 23.2 Å². The van der Waals surface area contributed by atoms with E-state index in [4.69, 9.17) is 4.42 Å². The van der Waals surface area contributed by atoms with Gasteiger partial charge in [-0.05, 0) is 105 Å². The molecule has 6 atom stereocenters. The highest BCUT2D eigenvalue weighted by molar-refractivity contribution is 5.92. The van der Waals surface area contributed by atoms with E-state index in [9.17, 15) is 14.7 Å². The molecule has 6 heteroatoms. The van der Waals surface area contributed by atoms with E-state index < -0.39 is 0 Å². The summed E-state index contributed by atoms with van der Waals surface area (Å²) in [5.41, 5.74) is 2.57. The zero-order valence-electron chi connectivity index (χ0n) is 22.0. The average Bonchev–Trinajstić information content (AvgIpc) is 3.60. The summed E-state index contributed by atoms with van der Waals surface area (Å²) in [5, 5.41) is 10.7. The maximum atomic E-state index is 13.7. The third-order valence-electron chi connectivity index (χ3n) is 11.2. The third kappa shape index (κ3) is 3.20. The van der Waals surface area contributed by atoms with Crippen LogP contribution in [0.2, 0.25) is 0 Å². The van der Waals surface area contributed by atoms with Crippen LogP contribution in [-0.2, 0) is 11.8 Å². The Hall–Kier alpha value is -2.60. The number of benzene rings is 1. The lowest BCUT2D eigenvalue weighted by atomic mass is 9.46. The number of hydrogen-bond acceptors (Lipinski definition) is 5. The number of hydrogen-bond donors (Lipinski definition) is 1. The van der Waals surface area contributed by atoms with Gasteiger partial charge in [0.15, 0.2) is 11.2 Å². The maximum Gasteiger partial charge on any atom is 0.289 e. The van der Waals surface area contributed by atoms with E-state index in [0.717, 1.165) is 51.1 Å². The van der Waals surface area contributed by atoms with Crippen molar-refractivity contribution in [2.45, 2.75) is 76.3 Å². The number of phenols is 1. The Morgan fingerprint density at radius 3 is 2.76 bits per heavy atom. The summed E-state index contributed by atoms with van der Waals surface area (Å²) < 4.78 is 5.52. The van der Waals surface area contributed by atoms with Crippen LogP contribution in [0.25, 0.3) is 0 Å². The van der Waals surface area contributed by atoms with Crippen LogP contribution in [0.3, 0.4) is 0 Å². The molecule has 5 unspecified atom stereocenters. The molecule has 2 saturated heterocycles. The zero-order chi connectivity index (χ0) is 25.5. The minimum atomic E-state index is -0.197. The van der Waals surface area contributed by atoms with E-state index in [1.54, 1.807) is 0 Å². The second-order valence-electron chi connectivity index (χ2n) is 12.6. The minimum Gasteiger partial charge on any atom is -0.508 e. The number of aryl methyl sites for hydroxylation is 1. The monoisotopic (exact) mass is 502 g/mol. The summed E-state index contributed by atoms with van der Waals surface area (Å²) in [6, 6.07) is 9.34. The topological polar surface area (TPSA) is 74.0 Å². The fourth-order valence-electron chi connectivity index (χ4n) is 9.64. The van der Waals surface area contributed by atoms with Gasteiger partial charge in [-0.25, -0.2) is 0 Å². The lowest BCUT2D eigenvalue weighted by Crippen LogP contribution is -2.66. The standard InChI is InChI=1S/C31H38N2O4/c1-3-21-6-7-23(34)14-25(21)31-11-12-32(17-20-4-5-20)19(2)30(31)10-8-26-28(31)22(16-30)18-33(26)29(36)27-15-24(35)9-13-37-27/h6-7,9,13-15,19-20,22,26,28,34H,3-5,8,10-12,16-18H2,1-2H3/t19?,22-,26?,28?,30?,31?/m1/s1. The largest absolute Gasteiger partial charge is 0.508 e. The smallest absolute Gasteiger partial charge is 0.289 e. The van der Waals surface area contributed by atoms with Crippen molar-refractivity contribution in [2.24, 2.45) is 23.2 Å². The van der Waals surface area contributed by atoms with Gasteiger partial charge in [0.1, 0.15) is 5.75 Å². The van der Waals surface area contributed by atoms with Crippen molar-refractivity contribution >= 4 is 5.91 Å². The molecular weight excluding hydrogens is 464 g/mol. The fourth-order valence-corrected chi connectivity index (χ4v) is 9.64. The van der Waals surface area contributed by atoms with Crippen molar-refractivity contribution in [1.29, 1.82) is 0 Å². The molecule has 1 aromatic heterocycles. The lowest BCUT2D eigenvalue weighted by Gasteiger charge is -2.63. The van der Waals surface area contributed by atoms with Crippen molar-refractivity contribution in [2.75, 3.05) is 19.6 Å². The second-order valence-corrected chi connectivity index (χ2v) is 12.6. The summed E-state index contributed by atoms with van der Waals surface area (Å²) in [6.45, 7) is 7.72. The first-order valence-corrected chi connectivity index (χ1v) is 14.3. The second kappa shape index (κ2) is 8.20. The number of carbonyl (C=O) groups excluding carboxylic acids is 1. The minimum absolute atomic E-state index is 0.0588. The van der Waals surface area contributed by atoms with Gasteiger partial charge in [0, 0.05) is 42.7 Å². The van der Waals surface area contributed by atoms with Crippen molar-refractivity contribution in [3.05, 3.63) is 63.7 Å². The number of rotatable bonds is 5. The number of carbonyl (C=O) groups is 1. The molecule has 2 aromatic rings. The highest BCUT2D eigenvalue weighted by atomic mass is 16.3. The predicted molar refractivity (Wildman–Crippen MR) is 141 cm³/mol. The maximum absolute atomic E-state index is 13.7. The van der Waals surface area contributed by atoms with Crippen LogP contribution < -0.4 is 5.43 Å². The number of phenolic OH excluding ortho intramolecular Hbond substituents is 1. The quantitative estimate of drug-likeness (QED) is 0.647. The van der Waals surface area contributed by atoms with Crippen molar-refractivity contribution in [1.82, 2.24) is 9.80 Å². The normalized spacial score (nSPS) is 36.5. The molecule has 5 fully saturated rings. The van der Waals surface area contributed by atoms with Gasteiger partial charge >= 0.3 is 0 Å². The molecule has 1 N–H and O–H groups in total. The van der Waals surface area contributed by atoms with Gasteiger partial charge in [-0.2, -0.15) is 0 Å². The van der Waals surface area contributed by atoms with Gasteiger partial charge in [0.25, 0.3) is 5.91 Å². The van der Waals surface area contributed by atoms with Crippen LogP contribution in [0.1, 0.15) is 74.1 Å². The molecule has 0 radical (unpaired) electrons. The van der Waals surface area contributed by atoms with Crippen molar-refractivity contribution < 1.29 is 14.3 Å². The molecule has 5 aliphatic rings. The molecule has 2 bridgehead atoms. The van der Waals surface area contributed by atoms with Gasteiger partial charge in [0.05, 0.1) is 6.26 Å². The number of nitrogens with zero attached hydrogens (tertiary/aromatic N) is 2. The SMILES string of the molecule is CCc1ccc(O)cc1C12CCN(CC3CC3)C(C)C13CCC1C2[C@@H](CN1C(=O)c1cc(=O)cco1)C3. The average molecular weight is 503 g/mol. The van der Waals surface area contributed by atoms with E-state index in [1.807, 2.05) is 11.0 Å². The molecule has 37 heavy (non-hydrogen) atoms. The molecule has 2 aliphatic heterocycles. The molecule has 3 saturated carbocycles. The van der Waals surface area contributed by atoms with E-state index in [2.05, 4.69) is 30.9 Å². The molecule has 6 nitrogen and oxygen atoms in total. The Balaban J connectivity index is 1.34. The van der Waals surface area contributed by atoms with Crippen LogP contribution >= 0.6 is 0 Å². The van der Waals surface area contributed by atoms with E-state index in [-0.39, 0.29) is 34.0 Å². The molecule has 1 amide bonds. The highest BCUT2D eigenvalue weighted by Crippen LogP contribution is 2.73. The van der Waals surface area contributed by atoms with Gasteiger partial charge in [-0.1, -0.05) is 13.0 Å². The van der Waals surface area contributed by atoms with E-state index in [0.29, 0.717) is 23.6 Å². The van der Waals surface area contributed by atoms with Crippen LogP contribution in [0.15, 0.2) is 45.8 Å². The van der Waals surface area contributed by atoms with Crippen molar-refractivity contribution in [3.63, 3.8) is 0 Å². The third-order valence-corrected chi connectivity index (χ3v) is 11.2. The molecule has 1 aromatic carbocycles. The number of amides is 1. The first-order valence-electron chi connectivity index (χ1n) is 14.3. The number of likely N-dealkylation sites (tertiary alicyclic amines) is 2. The Morgan fingerprint density at radius 1 is 1.16 bits per heavy atom. The van der Waals surface area contributed by atoms with Gasteiger partial charge in [-0.3, -0.25) is 14.5 Å². The predicted octanol–water partition coefficient (Wildman–Crippen LogP) is 4.59. The van der Waals surface area contributed by atoms with Crippen LogP contribution in [0.5, 0.6) is 5.75 Å².